The van der Waals surface area contributed by atoms with Crippen LogP contribution in [0.25, 0.3) is 0 Å². The maximum Gasteiger partial charge on any atom is 0.136 e. The lowest BCUT2D eigenvalue weighted by atomic mass is 10.0. The van der Waals surface area contributed by atoms with E-state index in [1.165, 1.54) is 0 Å². The molecule has 1 heterocycles. The Labute approximate surface area is 125 Å². The predicted molar refractivity (Wildman–Crippen MR) is 90.2 cm³/mol. The maximum absolute atomic E-state index is 5.80. The molecule has 0 aliphatic rings. The molecular weight excluding hydrogens is 274 g/mol. The van der Waals surface area contributed by atoms with Crippen LogP contribution in [0, 0.1) is 6.92 Å². The maximum atomic E-state index is 5.80. The highest BCUT2D eigenvalue weighted by Gasteiger charge is 2.25. The molecule has 0 aliphatic carbocycles. The topological polar surface area (TPSA) is 50.9 Å². The molecule has 3 N–H and O–H groups in total. The van der Waals surface area contributed by atoms with Crippen molar-refractivity contribution < 1.29 is 0 Å². The van der Waals surface area contributed by atoms with E-state index < -0.39 is 0 Å². The Balaban J connectivity index is 2.95. The number of thiocarbonyl (C=S) groups is 1. The number of rotatable bonds is 7. The SMILES string of the molecule is CCC(CC)(CNc1nccc(C)c1C(N)=S)SC. The Kier molecular flexibility index (Phi) is 6.07. The molecule has 5 heteroatoms. The van der Waals surface area contributed by atoms with Crippen LogP contribution in [0.15, 0.2) is 12.3 Å². The van der Waals surface area contributed by atoms with Crippen molar-refractivity contribution in [3.8, 4) is 0 Å². The van der Waals surface area contributed by atoms with Gasteiger partial charge in [-0.05, 0) is 37.7 Å². The van der Waals surface area contributed by atoms with E-state index in [0.29, 0.717) is 4.99 Å². The minimum atomic E-state index is 0.235. The van der Waals surface area contributed by atoms with Crippen LogP contribution in [-0.4, -0.2) is 27.5 Å². The highest BCUT2D eigenvalue weighted by molar-refractivity contribution is 8.00. The quantitative estimate of drug-likeness (QED) is 0.756. The van der Waals surface area contributed by atoms with Gasteiger partial charge in [0.2, 0.25) is 0 Å². The summed E-state index contributed by atoms with van der Waals surface area (Å²) in [5, 5.41) is 3.43. The molecule has 1 rings (SSSR count). The average molecular weight is 297 g/mol. The molecule has 0 fully saturated rings. The summed E-state index contributed by atoms with van der Waals surface area (Å²) in [4.78, 5) is 4.78. The van der Waals surface area contributed by atoms with Crippen LogP contribution < -0.4 is 11.1 Å². The molecule has 0 radical (unpaired) electrons. The highest BCUT2D eigenvalue weighted by atomic mass is 32.2. The van der Waals surface area contributed by atoms with Gasteiger partial charge in [-0.2, -0.15) is 11.8 Å². The molecule has 0 saturated heterocycles. The fourth-order valence-corrected chi connectivity index (χ4v) is 3.16. The van der Waals surface area contributed by atoms with Gasteiger partial charge in [0.05, 0.1) is 5.56 Å². The number of aryl methyl sites for hydroxylation is 1. The van der Waals surface area contributed by atoms with Crippen LogP contribution in [0.1, 0.15) is 37.8 Å². The van der Waals surface area contributed by atoms with Crippen molar-refractivity contribution in [2.24, 2.45) is 5.73 Å². The Hall–Kier alpha value is -0.810. The Morgan fingerprint density at radius 3 is 2.58 bits per heavy atom. The number of nitrogens with one attached hydrogen (secondary N) is 1. The van der Waals surface area contributed by atoms with Gasteiger partial charge in [0.1, 0.15) is 10.8 Å². The van der Waals surface area contributed by atoms with Gasteiger partial charge in [-0.1, -0.05) is 26.1 Å². The molecule has 0 atom stereocenters. The summed E-state index contributed by atoms with van der Waals surface area (Å²) in [6, 6.07) is 1.93. The Morgan fingerprint density at radius 2 is 2.11 bits per heavy atom. The zero-order valence-corrected chi connectivity index (χ0v) is 13.8. The molecule has 0 amide bonds. The molecule has 0 bridgehead atoms. The summed E-state index contributed by atoms with van der Waals surface area (Å²) >= 11 is 7.02. The number of aromatic nitrogens is 1. The van der Waals surface area contributed by atoms with Gasteiger partial charge in [-0.15, -0.1) is 0 Å². The summed E-state index contributed by atoms with van der Waals surface area (Å²) in [6.45, 7) is 7.32. The largest absolute Gasteiger partial charge is 0.389 e. The molecule has 0 saturated carbocycles. The van der Waals surface area contributed by atoms with E-state index in [9.17, 15) is 0 Å². The number of nitrogens with two attached hydrogens (primary N) is 1. The zero-order chi connectivity index (χ0) is 14.5. The molecule has 0 unspecified atom stereocenters. The summed E-state index contributed by atoms with van der Waals surface area (Å²) in [5.41, 5.74) is 7.72. The minimum absolute atomic E-state index is 0.235. The summed E-state index contributed by atoms with van der Waals surface area (Å²) in [6.07, 6.45) is 6.18. The molecule has 106 valence electrons. The second-order valence-electron chi connectivity index (χ2n) is 4.66. The van der Waals surface area contributed by atoms with Crippen LogP contribution in [0.3, 0.4) is 0 Å². The van der Waals surface area contributed by atoms with E-state index in [2.05, 4.69) is 30.4 Å². The fraction of sp³-hybridized carbons (Fsp3) is 0.571. The minimum Gasteiger partial charge on any atom is -0.389 e. The van der Waals surface area contributed by atoms with Crippen molar-refractivity contribution in [1.82, 2.24) is 4.98 Å². The predicted octanol–water partition coefficient (Wildman–Crippen LogP) is 3.36. The second kappa shape index (κ2) is 7.10. The van der Waals surface area contributed by atoms with Gasteiger partial charge in [0.25, 0.3) is 0 Å². The summed E-state index contributed by atoms with van der Waals surface area (Å²) in [7, 11) is 0. The third kappa shape index (κ3) is 3.83. The molecule has 0 aromatic carbocycles. The number of anilines is 1. The lowest BCUT2D eigenvalue weighted by molar-refractivity contribution is 0.574. The van der Waals surface area contributed by atoms with Gasteiger partial charge in [-0.25, -0.2) is 4.98 Å². The van der Waals surface area contributed by atoms with Crippen molar-refractivity contribution in [2.45, 2.75) is 38.4 Å². The smallest absolute Gasteiger partial charge is 0.136 e. The normalized spacial score (nSPS) is 11.4. The molecule has 1 aromatic rings. The van der Waals surface area contributed by atoms with Gasteiger partial charge < -0.3 is 11.1 Å². The first-order valence-corrected chi connectivity index (χ1v) is 8.17. The molecular formula is C14H23N3S2. The zero-order valence-electron chi connectivity index (χ0n) is 12.1. The van der Waals surface area contributed by atoms with Crippen molar-refractivity contribution >= 4 is 34.8 Å². The molecule has 3 nitrogen and oxygen atoms in total. The molecule has 0 aliphatic heterocycles. The van der Waals surface area contributed by atoms with Crippen LogP contribution in [0.5, 0.6) is 0 Å². The third-order valence-corrected chi connectivity index (χ3v) is 5.50. The highest BCUT2D eigenvalue weighted by Crippen LogP contribution is 2.31. The summed E-state index contributed by atoms with van der Waals surface area (Å²) < 4.78 is 0.235. The molecule has 19 heavy (non-hydrogen) atoms. The van der Waals surface area contributed by atoms with E-state index >= 15 is 0 Å². The number of hydrogen-bond donors (Lipinski definition) is 2. The standard InChI is InChI=1S/C14H23N3S2/c1-5-14(6-2,19-4)9-17-13-11(12(15)18)10(3)7-8-16-13/h7-8H,5-6,9H2,1-4H3,(H2,15,18)(H,16,17). The van der Waals surface area contributed by atoms with Crippen molar-refractivity contribution in [1.29, 1.82) is 0 Å². The van der Waals surface area contributed by atoms with Gasteiger partial charge >= 0.3 is 0 Å². The Morgan fingerprint density at radius 1 is 1.47 bits per heavy atom. The van der Waals surface area contributed by atoms with Crippen molar-refractivity contribution in [2.75, 3.05) is 18.1 Å². The van der Waals surface area contributed by atoms with Gasteiger partial charge in [0.15, 0.2) is 0 Å². The summed E-state index contributed by atoms with van der Waals surface area (Å²) in [5.74, 6) is 0.799. The first kappa shape index (κ1) is 16.2. The van der Waals surface area contributed by atoms with Crippen LogP contribution in [0.2, 0.25) is 0 Å². The molecule has 1 aromatic heterocycles. The lowest BCUT2D eigenvalue weighted by Crippen LogP contribution is -2.33. The van der Waals surface area contributed by atoms with E-state index in [0.717, 1.165) is 36.3 Å². The lowest BCUT2D eigenvalue weighted by Gasteiger charge is -2.30. The number of pyridine rings is 1. The Bertz CT molecular complexity index is 434. The third-order valence-electron chi connectivity index (χ3n) is 3.71. The fourth-order valence-electron chi connectivity index (χ4n) is 2.11. The van der Waals surface area contributed by atoms with Crippen molar-refractivity contribution in [3.05, 3.63) is 23.4 Å². The van der Waals surface area contributed by atoms with Crippen molar-refractivity contribution in [3.63, 3.8) is 0 Å². The number of thioether (sulfide) groups is 1. The number of hydrogen-bond acceptors (Lipinski definition) is 4. The van der Waals surface area contributed by atoms with E-state index in [1.54, 1.807) is 6.20 Å². The van der Waals surface area contributed by atoms with Crippen LogP contribution in [-0.2, 0) is 0 Å². The van der Waals surface area contributed by atoms with E-state index in [1.807, 2.05) is 24.8 Å². The second-order valence-corrected chi connectivity index (χ2v) is 6.38. The number of nitrogens with zero attached hydrogens (tertiary/aromatic N) is 1. The van der Waals surface area contributed by atoms with Crippen LogP contribution >= 0.6 is 24.0 Å². The first-order valence-electron chi connectivity index (χ1n) is 6.54. The first-order chi connectivity index (χ1) is 8.99. The molecule has 0 spiro atoms. The van der Waals surface area contributed by atoms with Crippen LogP contribution in [0.4, 0.5) is 5.82 Å². The average Bonchev–Trinajstić information content (AvgIpc) is 2.40. The van der Waals surface area contributed by atoms with E-state index in [-0.39, 0.29) is 4.75 Å². The monoisotopic (exact) mass is 297 g/mol. The van der Waals surface area contributed by atoms with Gasteiger partial charge in [0, 0.05) is 17.5 Å². The van der Waals surface area contributed by atoms with E-state index in [4.69, 9.17) is 18.0 Å². The van der Waals surface area contributed by atoms with Gasteiger partial charge in [-0.3, -0.25) is 0 Å².